The Bertz CT molecular complexity index is 284. The lowest BCUT2D eigenvalue weighted by Gasteiger charge is -2.20. The predicted molar refractivity (Wildman–Crippen MR) is 45.9 cm³/mol. The van der Waals surface area contributed by atoms with Gasteiger partial charge >= 0.3 is 12.0 Å². The number of carbonyl (C=O) groups is 2. The first-order chi connectivity index (χ1) is 6.66. The minimum atomic E-state index is -0.624. The second kappa shape index (κ2) is 4.46. The minimum Gasteiger partial charge on any atom is -0.449 e. The zero-order valence-electron chi connectivity index (χ0n) is 7.60. The molecule has 76 valence electrons. The van der Waals surface area contributed by atoms with Gasteiger partial charge in [-0.25, -0.2) is 9.59 Å². The molecule has 1 unspecified atom stereocenters. The van der Waals surface area contributed by atoms with Gasteiger partial charge in [0, 0.05) is 6.54 Å². The van der Waals surface area contributed by atoms with Gasteiger partial charge in [0.2, 0.25) is 0 Å². The number of nitrogens with zero attached hydrogens (tertiary/aromatic N) is 2. The third-order valence-corrected chi connectivity index (χ3v) is 2.09. The van der Waals surface area contributed by atoms with Crippen molar-refractivity contribution in [3.8, 4) is 6.07 Å². The molecule has 1 aliphatic heterocycles. The Morgan fingerprint density at radius 3 is 2.93 bits per heavy atom. The monoisotopic (exact) mass is 197 g/mol. The van der Waals surface area contributed by atoms with Gasteiger partial charge in [0.05, 0.1) is 0 Å². The summed E-state index contributed by atoms with van der Waals surface area (Å²) < 4.78 is 4.61. The Hall–Kier alpha value is -1.77. The maximum atomic E-state index is 11.3. The van der Waals surface area contributed by atoms with E-state index in [9.17, 15) is 9.59 Å². The van der Waals surface area contributed by atoms with Gasteiger partial charge in [-0.1, -0.05) is 0 Å². The number of hydrogen-bond acceptors (Lipinski definition) is 4. The molecular formula is C8H11N3O3. The van der Waals surface area contributed by atoms with Crippen LogP contribution >= 0.6 is 0 Å². The number of nitriles is 1. The van der Waals surface area contributed by atoms with Crippen LogP contribution in [0.1, 0.15) is 12.8 Å². The lowest BCUT2D eigenvalue weighted by molar-refractivity contribution is -0.146. The number of nitrogens with two attached hydrogens (primary N) is 1. The molecule has 1 atom stereocenters. The second-order valence-corrected chi connectivity index (χ2v) is 2.96. The Morgan fingerprint density at radius 2 is 2.36 bits per heavy atom. The molecule has 2 amide bonds. The van der Waals surface area contributed by atoms with Crippen LogP contribution in [-0.4, -0.2) is 36.1 Å². The van der Waals surface area contributed by atoms with Gasteiger partial charge in [-0.05, 0) is 12.8 Å². The lowest BCUT2D eigenvalue weighted by atomic mass is 10.2. The van der Waals surface area contributed by atoms with E-state index in [0.717, 1.165) is 6.42 Å². The normalized spacial score (nSPS) is 20.2. The lowest BCUT2D eigenvalue weighted by Crippen LogP contribution is -2.44. The summed E-state index contributed by atoms with van der Waals surface area (Å²) in [5.74, 6) is -0.553. The first-order valence-electron chi connectivity index (χ1n) is 4.26. The van der Waals surface area contributed by atoms with Crippen LogP contribution in [0.4, 0.5) is 4.79 Å². The quantitative estimate of drug-likeness (QED) is 0.609. The second-order valence-electron chi connectivity index (χ2n) is 2.96. The van der Waals surface area contributed by atoms with E-state index in [1.54, 1.807) is 6.07 Å². The van der Waals surface area contributed by atoms with E-state index in [-0.39, 0.29) is 6.61 Å². The van der Waals surface area contributed by atoms with Crippen LogP contribution in [0, 0.1) is 11.3 Å². The van der Waals surface area contributed by atoms with Crippen LogP contribution < -0.4 is 5.73 Å². The molecule has 0 aromatic rings. The van der Waals surface area contributed by atoms with Crippen LogP contribution in [0.3, 0.4) is 0 Å². The summed E-state index contributed by atoms with van der Waals surface area (Å²) in [5, 5.41) is 8.20. The molecular weight excluding hydrogens is 186 g/mol. The number of hydrogen-bond donors (Lipinski definition) is 1. The fraction of sp³-hybridized carbons (Fsp3) is 0.625. The van der Waals surface area contributed by atoms with E-state index in [1.807, 2.05) is 0 Å². The number of esters is 1. The summed E-state index contributed by atoms with van der Waals surface area (Å²) in [5.41, 5.74) is 5.07. The van der Waals surface area contributed by atoms with E-state index in [0.29, 0.717) is 13.0 Å². The highest BCUT2D eigenvalue weighted by atomic mass is 16.5. The van der Waals surface area contributed by atoms with Crippen molar-refractivity contribution in [1.29, 1.82) is 5.26 Å². The number of rotatable bonds is 2. The Kier molecular flexibility index (Phi) is 3.29. The van der Waals surface area contributed by atoms with Crippen LogP contribution in [-0.2, 0) is 9.53 Å². The van der Waals surface area contributed by atoms with Crippen molar-refractivity contribution in [3.05, 3.63) is 0 Å². The van der Waals surface area contributed by atoms with Gasteiger partial charge in [-0.3, -0.25) is 0 Å². The van der Waals surface area contributed by atoms with Crippen LogP contribution in [0.2, 0.25) is 0 Å². The topological polar surface area (TPSA) is 96.4 Å². The van der Waals surface area contributed by atoms with Crippen molar-refractivity contribution in [2.75, 3.05) is 13.2 Å². The van der Waals surface area contributed by atoms with E-state index < -0.39 is 18.0 Å². The highest BCUT2D eigenvalue weighted by Gasteiger charge is 2.33. The summed E-state index contributed by atoms with van der Waals surface area (Å²) in [6.07, 6.45) is 1.28. The number of carbonyl (C=O) groups excluding carboxylic acids is 2. The summed E-state index contributed by atoms with van der Waals surface area (Å²) in [6, 6.07) is 0.454. The average Bonchev–Trinajstić information content (AvgIpc) is 2.62. The van der Waals surface area contributed by atoms with Crippen molar-refractivity contribution < 1.29 is 14.3 Å². The van der Waals surface area contributed by atoms with Crippen molar-refractivity contribution in [3.63, 3.8) is 0 Å². The molecule has 14 heavy (non-hydrogen) atoms. The summed E-state index contributed by atoms with van der Waals surface area (Å²) in [7, 11) is 0. The number of ether oxygens (including phenoxy) is 1. The molecule has 1 heterocycles. The van der Waals surface area contributed by atoms with Gasteiger partial charge < -0.3 is 15.4 Å². The van der Waals surface area contributed by atoms with E-state index >= 15 is 0 Å². The molecule has 0 aliphatic carbocycles. The van der Waals surface area contributed by atoms with Gasteiger partial charge in [-0.2, -0.15) is 5.26 Å². The van der Waals surface area contributed by atoms with Crippen LogP contribution in [0.25, 0.3) is 0 Å². The van der Waals surface area contributed by atoms with Crippen molar-refractivity contribution >= 4 is 12.0 Å². The van der Waals surface area contributed by atoms with Gasteiger partial charge in [0.25, 0.3) is 0 Å². The molecule has 0 radical (unpaired) electrons. The number of urea groups is 1. The molecule has 0 aromatic carbocycles. The molecule has 2 N–H and O–H groups in total. The smallest absolute Gasteiger partial charge is 0.329 e. The molecule has 1 saturated heterocycles. The first kappa shape index (κ1) is 10.3. The third-order valence-electron chi connectivity index (χ3n) is 2.09. The molecule has 6 heteroatoms. The molecule has 0 bridgehead atoms. The molecule has 1 aliphatic rings. The number of amides is 2. The first-order valence-corrected chi connectivity index (χ1v) is 4.26. The Balaban J connectivity index is 2.54. The maximum Gasteiger partial charge on any atom is 0.329 e. The molecule has 0 aromatic heterocycles. The number of likely N-dealkylation sites (tertiary alicyclic amines) is 1. The van der Waals surface area contributed by atoms with Gasteiger partial charge in [0.1, 0.15) is 12.1 Å². The fourth-order valence-corrected chi connectivity index (χ4v) is 1.48. The van der Waals surface area contributed by atoms with E-state index in [1.165, 1.54) is 4.90 Å². The van der Waals surface area contributed by atoms with E-state index in [2.05, 4.69) is 4.74 Å². The molecule has 6 nitrogen and oxygen atoms in total. The average molecular weight is 197 g/mol. The summed E-state index contributed by atoms with van der Waals surface area (Å²) in [6.45, 7) is 0.184. The minimum absolute atomic E-state index is 0.290. The van der Waals surface area contributed by atoms with Crippen molar-refractivity contribution in [2.45, 2.75) is 18.9 Å². The zero-order valence-corrected chi connectivity index (χ0v) is 7.60. The summed E-state index contributed by atoms with van der Waals surface area (Å²) in [4.78, 5) is 23.4. The predicted octanol–water partition coefficient (Wildman–Crippen LogP) is -0.404. The maximum absolute atomic E-state index is 11.3. The zero-order chi connectivity index (χ0) is 10.6. The highest BCUT2D eigenvalue weighted by molar-refractivity contribution is 5.83. The summed E-state index contributed by atoms with van der Waals surface area (Å²) >= 11 is 0. The van der Waals surface area contributed by atoms with Crippen molar-refractivity contribution in [2.24, 2.45) is 5.73 Å². The van der Waals surface area contributed by atoms with Crippen molar-refractivity contribution in [1.82, 2.24) is 4.90 Å². The molecule has 0 saturated carbocycles. The fourth-order valence-electron chi connectivity index (χ4n) is 1.48. The SMILES string of the molecule is N#CCOC(=O)C1CCCN1C(N)=O. The molecule has 1 rings (SSSR count). The van der Waals surface area contributed by atoms with Gasteiger partial charge in [-0.15, -0.1) is 0 Å². The molecule has 0 spiro atoms. The number of primary amides is 1. The Labute approximate surface area is 81.2 Å². The highest BCUT2D eigenvalue weighted by Crippen LogP contribution is 2.17. The third kappa shape index (κ3) is 2.13. The molecule has 1 fully saturated rings. The standard InChI is InChI=1S/C8H11N3O3/c9-3-5-14-7(12)6-2-1-4-11(6)8(10)13/h6H,1-2,4-5H2,(H2,10,13). The van der Waals surface area contributed by atoms with Crippen LogP contribution in [0.15, 0.2) is 0 Å². The van der Waals surface area contributed by atoms with Gasteiger partial charge in [0.15, 0.2) is 6.61 Å². The van der Waals surface area contributed by atoms with E-state index in [4.69, 9.17) is 11.0 Å². The Morgan fingerprint density at radius 1 is 1.64 bits per heavy atom. The largest absolute Gasteiger partial charge is 0.449 e. The van der Waals surface area contributed by atoms with Crippen LogP contribution in [0.5, 0.6) is 0 Å².